The molecule has 5 heteroatoms. The number of halogens is 3. The lowest BCUT2D eigenvalue weighted by atomic mass is 10.0. The zero-order valence-corrected chi connectivity index (χ0v) is 13.7. The third-order valence-electron chi connectivity index (χ3n) is 2.79. The maximum Gasteiger partial charge on any atom is 0.126 e. The van der Waals surface area contributed by atoms with Crippen LogP contribution in [0, 0.1) is 5.82 Å². The summed E-state index contributed by atoms with van der Waals surface area (Å²) in [7, 11) is 1.89. The number of nitrogens with one attached hydrogen (secondary N) is 1. The Morgan fingerprint density at radius 1 is 1.33 bits per heavy atom. The molecule has 0 aliphatic heterocycles. The highest BCUT2D eigenvalue weighted by atomic mass is 79.9. The van der Waals surface area contributed by atoms with E-state index in [1.54, 1.807) is 17.4 Å². The molecule has 1 unspecified atom stereocenters. The molecule has 0 saturated carbocycles. The molecule has 0 bridgehead atoms. The van der Waals surface area contributed by atoms with Crippen molar-refractivity contribution in [1.82, 2.24) is 5.32 Å². The van der Waals surface area contributed by atoms with Gasteiger partial charge >= 0.3 is 0 Å². The zero-order chi connectivity index (χ0) is 13.1. The van der Waals surface area contributed by atoms with Crippen LogP contribution in [0.3, 0.4) is 0 Å². The van der Waals surface area contributed by atoms with Crippen molar-refractivity contribution in [3.8, 4) is 0 Å². The Hall–Kier alpha value is -0.230. The molecule has 0 radical (unpaired) electrons. The van der Waals surface area contributed by atoms with E-state index < -0.39 is 0 Å². The summed E-state index contributed by atoms with van der Waals surface area (Å²) in [5.74, 6) is -0.150. The molecule has 1 aromatic carbocycles. The third kappa shape index (κ3) is 3.20. The molecule has 0 aliphatic carbocycles. The highest BCUT2D eigenvalue weighted by Crippen LogP contribution is 2.36. The lowest BCUT2D eigenvalue weighted by molar-refractivity contribution is 0.554. The lowest BCUT2D eigenvalue weighted by Crippen LogP contribution is -2.19. The van der Waals surface area contributed by atoms with E-state index in [1.807, 2.05) is 19.2 Å². The van der Waals surface area contributed by atoms with Crippen LogP contribution in [0.1, 0.15) is 17.2 Å². The summed E-state index contributed by atoms with van der Waals surface area (Å²) in [6, 6.07) is 9.07. The minimum Gasteiger partial charge on any atom is -0.313 e. The van der Waals surface area contributed by atoms with E-state index in [-0.39, 0.29) is 11.9 Å². The van der Waals surface area contributed by atoms with E-state index in [0.29, 0.717) is 6.42 Å². The van der Waals surface area contributed by atoms with Gasteiger partial charge in [-0.1, -0.05) is 18.2 Å². The number of hydrogen-bond acceptors (Lipinski definition) is 2. The largest absolute Gasteiger partial charge is 0.313 e. The van der Waals surface area contributed by atoms with Gasteiger partial charge in [0.15, 0.2) is 0 Å². The Kier molecular flexibility index (Phi) is 4.95. The van der Waals surface area contributed by atoms with Gasteiger partial charge in [0.2, 0.25) is 0 Å². The van der Waals surface area contributed by atoms with E-state index in [9.17, 15) is 4.39 Å². The Bertz CT molecular complexity index is 542. The molecule has 0 saturated heterocycles. The fraction of sp³-hybridized carbons (Fsp3) is 0.231. The van der Waals surface area contributed by atoms with Crippen LogP contribution in [-0.2, 0) is 6.42 Å². The molecule has 1 nitrogen and oxygen atoms in total. The van der Waals surface area contributed by atoms with Crippen LogP contribution in [-0.4, -0.2) is 7.05 Å². The average Bonchev–Trinajstić information content (AvgIpc) is 2.67. The number of rotatable bonds is 4. The first-order chi connectivity index (χ1) is 8.61. The van der Waals surface area contributed by atoms with Crippen LogP contribution in [0.5, 0.6) is 0 Å². The summed E-state index contributed by atoms with van der Waals surface area (Å²) < 4.78 is 15.8. The van der Waals surface area contributed by atoms with Crippen molar-refractivity contribution in [2.24, 2.45) is 0 Å². The van der Waals surface area contributed by atoms with Gasteiger partial charge in [-0.25, -0.2) is 4.39 Å². The number of thiophene rings is 1. The van der Waals surface area contributed by atoms with Crippen molar-refractivity contribution in [2.75, 3.05) is 7.05 Å². The van der Waals surface area contributed by atoms with Crippen molar-refractivity contribution in [2.45, 2.75) is 12.5 Å². The van der Waals surface area contributed by atoms with Crippen molar-refractivity contribution in [3.05, 3.63) is 54.8 Å². The monoisotopic (exact) mass is 391 g/mol. The third-order valence-corrected chi connectivity index (χ3v) is 5.17. The molecule has 1 aromatic heterocycles. The second-order valence-corrected chi connectivity index (χ2v) is 7.67. The predicted octanol–water partition coefficient (Wildman–Crippen LogP) is 4.92. The minimum absolute atomic E-state index is 0.0961. The number of likely N-dealkylation sites (N-methyl/N-ethyl adjacent to an activating group) is 1. The van der Waals surface area contributed by atoms with Gasteiger partial charge in [-0.05, 0) is 68.6 Å². The van der Waals surface area contributed by atoms with E-state index >= 15 is 0 Å². The molecule has 0 amide bonds. The second kappa shape index (κ2) is 6.28. The summed E-state index contributed by atoms with van der Waals surface area (Å²) >= 11 is 8.64. The SMILES string of the molecule is CNC(Cc1ccccc1F)c1cc(Br)sc1Br. The van der Waals surface area contributed by atoms with E-state index in [4.69, 9.17) is 0 Å². The standard InChI is InChI=1S/C13H12Br2FNS/c1-17-11(9-7-12(14)18-13(9)15)6-8-4-2-3-5-10(8)16/h2-5,7,11,17H,6H2,1H3. The molecule has 1 atom stereocenters. The maximum absolute atomic E-state index is 13.7. The van der Waals surface area contributed by atoms with Gasteiger partial charge in [0.05, 0.1) is 7.57 Å². The van der Waals surface area contributed by atoms with Gasteiger partial charge in [-0.2, -0.15) is 0 Å². The summed E-state index contributed by atoms with van der Waals surface area (Å²) in [5.41, 5.74) is 1.88. The van der Waals surface area contributed by atoms with Gasteiger partial charge in [0.1, 0.15) is 5.82 Å². The molecule has 0 aliphatic rings. The van der Waals surface area contributed by atoms with Gasteiger partial charge in [-0.3, -0.25) is 0 Å². The van der Waals surface area contributed by atoms with Gasteiger partial charge in [-0.15, -0.1) is 11.3 Å². The highest BCUT2D eigenvalue weighted by Gasteiger charge is 2.17. The summed E-state index contributed by atoms with van der Waals surface area (Å²) in [6.07, 6.45) is 0.630. The summed E-state index contributed by atoms with van der Waals surface area (Å²) in [5, 5.41) is 3.24. The molecular formula is C13H12Br2FNS. The van der Waals surface area contributed by atoms with Gasteiger partial charge in [0, 0.05) is 6.04 Å². The molecule has 0 spiro atoms. The van der Waals surface area contributed by atoms with Crippen molar-refractivity contribution in [3.63, 3.8) is 0 Å². The molecular weight excluding hydrogens is 381 g/mol. The number of hydrogen-bond donors (Lipinski definition) is 1. The van der Waals surface area contributed by atoms with Crippen molar-refractivity contribution >= 4 is 43.2 Å². The van der Waals surface area contributed by atoms with E-state index in [0.717, 1.165) is 18.7 Å². The Morgan fingerprint density at radius 3 is 2.61 bits per heavy atom. The first-order valence-corrected chi connectivity index (χ1v) is 7.87. The van der Waals surface area contributed by atoms with Crippen LogP contribution in [0.4, 0.5) is 4.39 Å². The van der Waals surface area contributed by atoms with Crippen LogP contribution < -0.4 is 5.32 Å². The average molecular weight is 393 g/mol. The molecule has 18 heavy (non-hydrogen) atoms. The molecule has 1 N–H and O–H groups in total. The fourth-order valence-corrected chi connectivity index (χ4v) is 4.82. The second-order valence-electron chi connectivity index (χ2n) is 3.92. The summed E-state index contributed by atoms with van der Waals surface area (Å²) in [4.78, 5) is 0. The predicted molar refractivity (Wildman–Crippen MR) is 81.6 cm³/mol. The Balaban J connectivity index is 2.25. The molecule has 2 aromatic rings. The molecule has 0 fully saturated rings. The van der Waals surface area contributed by atoms with E-state index in [2.05, 4.69) is 43.2 Å². The van der Waals surface area contributed by atoms with Crippen LogP contribution in [0.15, 0.2) is 37.9 Å². The van der Waals surface area contributed by atoms with Crippen LogP contribution in [0.2, 0.25) is 0 Å². The van der Waals surface area contributed by atoms with Crippen molar-refractivity contribution < 1.29 is 4.39 Å². The molecule has 96 valence electrons. The Labute approximate surface area is 127 Å². The Morgan fingerprint density at radius 2 is 2.06 bits per heavy atom. The quantitative estimate of drug-likeness (QED) is 0.778. The molecule has 2 rings (SSSR count). The van der Waals surface area contributed by atoms with Crippen molar-refractivity contribution in [1.29, 1.82) is 0 Å². The fourth-order valence-electron chi connectivity index (χ4n) is 1.84. The smallest absolute Gasteiger partial charge is 0.126 e. The highest BCUT2D eigenvalue weighted by molar-refractivity contribution is 9.12. The minimum atomic E-state index is -0.150. The van der Waals surface area contributed by atoms with Crippen LogP contribution in [0.25, 0.3) is 0 Å². The summed E-state index contributed by atoms with van der Waals surface area (Å²) in [6.45, 7) is 0. The van der Waals surface area contributed by atoms with Gasteiger partial charge < -0.3 is 5.32 Å². The molecule has 1 heterocycles. The zero-order valence-electron chi connectivity index (χ0n) is 9.71. The first-order valence-electron chi connectivity index (χ1n) is 5.47. The van der Waals surface area contributed by atoms with Gasteiger partial charge in [0.25, 0.3) is 0 Å². The number of benzene rings is 1. The normalized spacial score (nSPS) is 12.7. The lowest BCUT2D eigenvalue weighted by Gasteiger charge is -2.16. The topological polar surface area (TPSA) is 12.0 Å². The van der Waals surface area contributed by atoms with Crippen LogP contribution >= 0.6 is 43.2 Å². The van der Waals surface area contributed by atoms with E-state index in [1.165, 1.54) is 6.07 Å². The maximum atomic E-state index is 13.7. The first kappa shape index (κ1) is 14.2.